The van der Waals surface area contributed by atoms with E-state index in [4.69, 9.17) is 18.9 Å². The number of sulfonamides is 1. The molecule has 1 atom stereocenters. The number of dihydropyridines is 1. The third-order valence-corrected chi connectivity index (χ3v) is 9.23. The Balaban J connectivity index is 1.68. The van der Waals surface area contributed by atoms with E-state index in [0.717, 1.165) is 12.0 Å². The summed E-state index contributed by atoms with van der Waals surface area (Å²) in [6.45, 7) is 6.76. The summed E-state index contributed by atoms with van der Waals surface area (Å²) in [5, 5.41) is 5.31. The van der Waals surface area contributed by atoms with Gasteiger partial charge in [-0.05, 0) is 54.8 Å². The van der Waals surface area contributed by atoms with E-state index >= 15 is 0 Å². The summed E-state index contributed by atoms with van der Waals surface area (Å²) in [7, 11) is -2.94. The molecule has 0 spiro atoms. The predicted octanol–water partition coefficient (Wildman–Crippen LogP) is 4.17. The van der Waals surface area contributed by atoms with Gasteiger partial charge in [0.1, 0.15) is 0 Å². The number of methoxy groups -OCH3 is 1. The highest BCUT2D eigenvalue weighted by atomic mass is 32.2. The van der Waals surface area contributed by atoms with Crippen LogP contribution in [-0.2, 0) is 19.6 Å². The second-order valence-corrected chi connectivity index (χ2v) is 13.4. The van der Waals surface area contributed by atoms with Crippen molar-refractivity contribution in [3.05, 3.63) is 90.3 Å². The van der Waals surface area contributed by atoms with Gasteiger partial charge in [0.25, 0.3) is 21.8 Å². The maximum absolute atomic E-state index is 14.0. The van der Waals surface area contributed by atoms with Crippen molar-refractivity contribution in [3.63, 3.8) is 0 Å². The largest absolute Gasteiger partial charge is 0.493 e. The molecule has 2 aromatic carbocycles. The Bertz CT molecular complexity index is 1910. The lowest BCUT2D eigenvalue weighted by molar-refractivity contribution is -0.119. The van der Waals surface area contributed by atoms with Crippen molar-refractivity contribution in [3.8, 4) is 23.0 Å². The lowest BCUT2D eigenvalue weighted by atomic mass is 10.1. The second-order valence-electron chi connectivity index (χ2n) is 11.8. The molecule has 0 aliphatic carbocycles. The molecule has 5 rings (SSSR count). The number of nitrogens with one attached hydrogen (secondary N) is 3. The molecular weight excluding hydrogens is 680 g/mol. The Kier molecular flexibility index (Phi) is 11.3. The number of carbonyl (C=O) groups excluding carboxylic acids is 3. The zero-order valence-electron chi connectivity index (χ0n) is 28.6. The zero-order valence-corrected chi connectivity index (χ0v) is 29.4. The topological polar surface area (TPSA) is 178 Å². The van der Waals surface area contributed by atoms with Crippen molar-refractivity contribution in [2.24, 2.45) is 0 Å². The molecule has 16 heteroatoms. The number of hydrogen-bond donors (Lipinski definition) is 3. The molecule has 270 valence electrons. The van der Waals surface area contributed by atoms with Crippen molar-refractivity contribution in [2.45, 2.75) is 37.6 Å². The summed E-state index contributed by atoms with van der Waals surface area (Å²) in [4.78, 5) is 45.4. The van der Waals surface area contributed by atoms with Gasteiger partial charge in [-0.3, -0.25) is 19.6 Å². The fourth-order valence-electron chi connectivity index (χ4n) is 5.22. The van der Waals surface area contributed by atoms with Gasteiger partial charge in [-0.15, -0.1) is 0 Å². The van der Waals surface area contributed by atoms with Crippen LogP contribution in [0.3, 0.4) is 0 Å². The Morgan fingerprint density at radius 1 is 1.04 bits per heavy atom. The summed E-state index contributed by atoms with van der Waals surface area (Å²) in [6, 6.07) is 12.5. The fraction of sp³-hybridized carbons (Fsp3) is 0.314. The number of ether oxygens (including phenoxy) is 4. The van der Waals surface area contributed by atoms with Gasteiger partial charge < -0.3 is 34.1 Å². The van der Waals surface area contributed by atoms with E-state index in [1.165, 1.54) is 43.8 Å². The lowest BCUT2D eigenvalue weighted by Gasteiger charge is -2.35. The number of para-hydroxylation sites is 2. The molecule has 3 aromatic rings. The third kappa shape index (κ3) is 8.70. The highest BCUT2D eigenvalue weighted by Crippen LogP contribution is 2.44. The molecule has 3 heterocycles. The van der Waals surface area contributed by atoms with Crippen LogP contribution in [0.4, 0.5) is 10.5 Å². The van der Waals surface area contributed by atoms with Crippen LogP contribution in [0.2, 0.25) is 0 Å². The maximum Gasteiger partial charge on any atom is 0.411 e. The molecule has 1 unspecified atom stereocenters. The van der Waals surface area contributed by atoms with E-state index in [0.29, 0.717) is 18.8 Å². The van der Waals surface area contributed by atoms with Gasteiger partial charge in [0.05, 0.1) is 19.4 Å². The van der Waals surface area contributed by atoms with E-state index in [2.05, 4.69) is 20.3 Å². The molecule has 0 saturated carbocycles. The predicted molar refractivity (Wildman–Crippen MR) is 187 cm³/mol. The normalized spacial score (nSPS) is 17.0. The number of rotatable bonds is 13. The van der Waals surface area contributed by atoms with Crippen molar-refractivity contribution in [2.75, 3.05) is 44.6 Å². The van der Waals surface area contributed by atoms with Crippen LogP contribution in [-0.4, -0.2) is 87.4 Å². The molecule has 0 radical (unpaired) electrons. The zero-order chi connectivity index (χ0) is 36.6. The van der Waals surface area contributed by atoms with Crippen LogP contribution < -0.4 is 29.6 Å². The summed E-state index contributed by atoms with van der Waals surface area (Å²) in [5.41, 5.74) is 0.692. The van der Waals surface area contributed by atoms with E-state index in [-0.39, 0.29) is 59.1 Å². The standard InChI is InChI=1S/C35H40N6O9S/c1-5-48-34(44)38-35(14-8-9-15-37-35)50-30-21-26(33(43)41-18-16-40(23-42)17-19-41)20-27(32(30)49-29-11-7-6-10-28(29)47-4)39-51(45,46)31-13-12-25(22-36-31)24(2)3/h6-15,20-24,37,39H,5,16-19H2,1-4H3,(H,38,44). The third-order valence-electron chi connectivity index (χ3n) is 7.95. The SMILES string of the molecule is CCOC(=O)NC1(Oc2cc(C(=O)N3CCN(C=O)CC3)cc(NS(=O)(=O)c3ccc(C(C)C)cn3)c2Oc2ccccc2OC)C=CC=CN1. The molecule has 2 aliphatic heterocycles. The molecule has 51 heavy (non-hydrogen) atoms. The number of piperazine rings is 1. The lowest BCUT2D eigenvalue weighted by Crippen LogP contribution is -2.60. The van der Waals surface area contributed by atoms with Gasteiger partial charge in [-0.1, -0.05) is 38.1 Å². The molecule has 3 N–H and O–H groups in total. The van der Waals surface area contributed by atoms with Gasteiger partial charge >= 0.3 is 6.09 Å². The number of nitrogens with zero attached hydrogens (tertiary/aromatic N) is 3. The first-order valence-electron chi connectivity index (χ1n) is 16.2. The van der Waals surface area contributed by atoms with Crippen LogP contribution >= 0.6 is 0 Å². The van der Waals surface area contributed by atoms with Gasteiger partial charge in [-0.2, -0.15) is 8.42 Å². The monoisotopic (exact) mass is 720 g/mol. The number of alkyl carbamates (subject to hydrolysis) is 1. The van der Waals surface area contributed by atoms with Crippen molar-refractivity contribution in [1.82, 2.24) is 25.4 Å². The number of anilines is 1. The molecule has 15 nitrogen and oxygen atoms in total. The van der Waals surface area contributed by atoms with E-state index in [1.54, 1.807) is 59.2 Å². The van der Waals surface area contributed by atoms with E-state index in [9.17, 15) is 22.8 Å². The summed E-state index contributed by atoms with van der Waals surface area (Å²) in [6.07, 6.45) is 7.67. The Morgan fingerprint density at radius 3 is 2.39 bits per heavy atom. The van der Waals surface area contributed by atoms with Gasteiger partial charge in [0.2, 0.25) is 6.41 Å². The minimum atomic E-state index is -4.38. The molecular formula is C35H40N6O9S. The number of pyridine rings is 1. The molecule has 1 fully saturated rings. The Labute approximate surface area is 296 Å². The van der Waals surface area contributed by atoms with Crippen LogP contribution in [0.25, 0.3) is 0 Å². The second kappa shape index (κ2) is 15.8. The van der Waals surface area contributed by atoms with Crippen LogP contribution in [0, 0.1) is 0 Å². The minimum absolute atomic E-state index is 0.0272. The van der Waals surface area contributed by atoms with Gasteiger partial charge in [-0.25, -0.2) is 9.78 Å². The van der Waals surface area contributed by atoms with Crippen molar-refractivity contribution < 1.29 is 41.7 Å². The summed E-state index contributed by atoms with van der Waals surface area (Å²) >= 11 is 0. The highest BCUT2D eigenvalue weighted by Gasteiger charge is 2.36. The van der Waals surface area contributed by atoms with Gasteiger partial charge in [0, 0.05) is 50.2 Å². The molecule has 1 saturated heterocycles. The average molecular weight is 721 g/mol. The molecule has 3 amide bonds. The number of allylic oxidation sites excluding steroid dienone is 2. The number of hydrogen-bond acceptors (Lipinski definition) is 11. The van der Waals surface area contributed by atoms with Crippen molar-refractivity contribution in [1.29, 1.82) is 0 Å². The van der Waals surface area contributed by atoms with Gasteiger partial charge in [0.15, 0.2) is 28.0 Å². The number of benzene rings is 2. The average Bonchev–Trinajstić information content (AvgIpc) is 3.13. The van der Waals surface area contributed by atoms with E-state index < -0.39 is 27.9 Å². The summed E-state index contributed by atoms with van der Waals surface area (Å²) < 4.78 is 53.8. The highest BCUT2D eigenvalue weighted by molar-refractivity contribution is 7.92. The first-order chi connectivity index (χ1) is 24.5. The Hall–Kier alpha value is -5.77. The minimum Gasteiger partial charge on any atom is -0.493 e. The smallest absolute Gasteiger partial charge is 0.411 e. The molecule has 1 aromatic heterocycles. The van der Waals surface area contributed by atoms with E-state index in [1.807, 2.05) is 13.8 Å². The van der Waals surface area contributed by atoms with Crippen LogP contribution in [0.5, 0.6) is 23.0 Å². The summed E-state index contributed by atoms with van der Waals surface area (Å²) in [5.74, 6) is -1.94. The Morgan fingerprint density at radius 2 is 1.78 bits per heavy atom. The molecule has 0 bridgehead atoms. The quantitative estimate of drug-likeness (QED) is 0.171. The van der Waals surface area contributed by atoms with Crippen LogP contribution in [0.15, 0.2) is 84.2 Å². The first-order valence-corrected chi connectivity index (χ1v) is 17.7. The number of amides is 3. The number of carbonyl (C=O) groups is 3. The molecule has 2 aliphatic rings. The van der Waals surface area contributed by atoms with Crippen molar-refractivity contribution >= 4 is 34.1 Å². The van der Waals surface area contributed by atoms with Crippen LogP contribution in [0.1, 0.15) is 42.6 Å². The first kappa shape index (κ1) is 36.5. The fourth-order valence-corrected chi connectivity index (χ4v) is 6.21. The maximum atomic E-state index is 14.0. The number of aromatic nitrogens is 1.